The Hall–Kier alpha value is -3.01. The second-order valence-corrected chi connectivity index (χ2v) is 9.57. The molecule has 1 fully saturated rings. The minimum absolute atomic E-state index is 0.0287. The first-order chi connectivity index (χ1) is 16.4. The molecule has 35 heavy (non-hydrogen) atoms. The number of carbonyl (C=O) groups excluding carboxylic acids is 1. The van der Waals surface area contributed by atoms with Crippen molar-refractivity contribution >= 4 is 6.09 Å². The molecule has 192 valence electrons. The van der Waals surface area contributed by atoms with Gasteiger partial charge in [-0.05, 0) is 69.9 Å². The molecule has 0 saturated carbocycles. The van der Waals surface area contributed by atoms with Crippen LogP contribution >= 0.6 is 0 Å². The van der Waals surface area contributed by atoms with Gasteiger partial charge in [-0.3, -0.25) is 4.79 Å². The molecule has 2 heterocycles. The van der Waals surface area contributed by atoms with Gasteiger partial charge in [-0.15, -0.1) is 0 Å². The number of hydrogen-bond donors (Lipinski definition) is 0. The Morgan fingerprint density at radius 2 is 1.89 bits per heavy atom. The summed E-state index contributed by atoms with van der Waals surface area (Å²) in [5, 5.41) is 0. The van der Waals surface area contributed by atoms with Gasteiger partial charge in [0.15, 0.2) is 6.79 Å². The molecule has 1 aromatic carbocycles. The van der Waals surface area contributed by atoms with E-state index in [-0.39, 0.29) is 41.2 Å². The van der Waals surface area contributed by atoms with Crippen molar-refractivity contribution in [1.29, 1.82) is 0 Å². The average Bonchev–Trinajstić information content (AvgIpc) is 2.77. The van der Waals surface area contributed by atoms with Crippen molar-refractivity contribution in [2.75, 3.05) is 27.0 Å². The largest absolute Gasteiger partial charge is 0.467 e. The molecule has 2 aromatic rings. The summed E-state index contributed by atoms with van der Waals surface area (Å²) in [7, 11) is 1.35. The quantitative estimate of drug-likeness (QED) is 0.517. The molecule has 1 aliphatic rings. The molecule has 1 saturated heterocycles. The summed E-state index contributed by atoms with van der Waals surface area (Å²) in [5.41, 5.74) is -1.38. The van der Waals surface area contributed by atoms with Crippen LogP contribution in [0.5, 0.6) is 5.75 Å². The molecular weight excluding hydrogens is 465 g/mol. The summed E-state index contributed by atoms with van der Waals surface area (Å²) in [6, 6.07) is 6.24. The number of amides is 1. The molecule has 1 atom stereocenters. The molecule has 10 heteroatoms. The van der Waals surface area contributed by atoms with E-state index in [0.717, 1.165) is 25.0 Å². The lowest BCUT2D eigenvalue weighted by atomic mass is 9.97. The molecule has 1 amide bonds. The Morgan fingerprint density at radius 1 is 1.14 bits per heavy atom. The van der Waals surface area contributed by atoms with E-state index in [1.165, 1.54) is 17.7 Å². The maximum absolute atomic E-state index is 13.3. The van der Waals surface area contributed by atoms with Crippen LogP contribution in [0.15, 0.2) is 41.3 Å². The highest BCUT2D eigenvalue weighted by atomic mass is 19.4. The molecule has 7 nitrogen and oxygen atoms in total. The summed E-state index contributed by atoms with van der Waals surface area (Å²) < 4.78 is 56.9. The van der Waals surface area contributed by atoms with Crippen LogP contribution in [0, 0.1) is 5.92 Å². The fraction of sp³-hybridized carbons (Fsp3) is 0.520. The SMILES string of the molecule is COCOc1cc(C(F)(F)F)ccc1-c1cccn(CC2CCCN(C(=O)OC(C)(C)C)C2)c1=O. The Labute approximate surface area is 202 Å². The zero-order valence-electron chi connectivity index (χ0n) is 20.4. The third kappa shape index (κ3) is 7.00. The number of ether oxygens (including phenoxy) is 3. The number of benzene rings is 1. The van der Waals surface area contributed by atoms with E-state index in [0.29, 0.717) is 19.6 Å². The maximum Gasteiger partial charge on any atom is 0.416 e. The van der Waals surface area contributed by atoms with E-state index in [1.807, 2.05) is 20.8 Å². The Kier molecular flexibility index (Phi) is 8.15. The molecule has 0 spiro atoms. The van der Waals surface area contributed by atoms with Gasteiger partial charge in [-0.1, -0.05) is 0 Å². The van der Waals surface area contributed by atoms with Gasteiger partial charge in [-0.2, -0.15) is 13.2 Å². The predicted octanol–water partition coefficient (Wildman–Crippen LogP) is 5.16. The van der Waals surface area contributed by atoms with Crippen LogP contribution in [-0.4, -0.2) is 48.2 Å². The van der Waals surface area contributed by atoms with Crippen molar-refractivity contribution in [2.45, 2.75) is 51.9 Å². The monoisotopic (exact) mass is 496 g/mol. The fourth-order valence-electron chi connectivity index (χ4n) is 4.03. The Bertz CT molecular complexity index is 1090. The molecule has 0 radical (unpaired) electrons. The van der Waals surface area contributed by atoms with E-state index >= 15 is 0 Å². The van der Waals surface area contributed by atoms with Crippen LogP contribution in [0.25, 0.3) is 11.1 Å². The Morgan fingerprint density at radius 3 is 2.54 bits per heavy atom. The number of hydrogen-bond acceptors (Lipinski definition) is 5. The van der Waals surface area contributed by atoms with Crippen LogP contribution in [-0.2, 0) is 22.2 Å². The van der Waals surface area contributed by atoms with Crippen LogP contribution in [0.3, 0.4) is 0 Å². The first-order valence-corrected chi connectivity index (χ1v) is 11.4. The molecule has 0 bridgehead atoms. The summed E-state index contributed by atoms with van der Waals surface area (Å²) in [6.45, 7) is 6.56. The van der Waals surface area contributed by atoms with Crippen molar-refractivity contribution in [3.8, 4) is 16.9 Å². The molecule has 0 aliphatic carbocycles. The van der Waals surface area contributed by atoms with Crippen molar-refractivity contribution in [2.24, 2.45) is 5.92 Å². The third-order valence-electron chi connectivity index (χ3n) is 5.58. The van der Waals surface area contributed by atoms with Gasteiger partial charge in [0.1, 0.15) is 11.4 Å². The van der Waals surface area contributed by atoms with Gasteiger partial charge < -0.3 is 23.7 Å². The highest BCUT2D eigenvalue weighted by molar-refractivity contribution is 5.70. The molecule has 1 aliphatic heterocycles. The number of carbonyl (C=O) groups is 1. The molecule has 0 N–H and O–H groups in total. The van der Waals surface area contributed by atoms with E-state index in [1.54, 1.807) is 23.2 Å². The predicted molar refractivity (Wildman–Crippen MR) is 124 cm³/mol. The highest BCUT2D eigenvalue weighted by Gasteiger charge is 2.32. The highest BCUT2D eigenvalue weighted by Crippen LogP contribution is 2.36. The average molecular weight is 497 g/mol. The smallest absolute Gasteiger partial charge is 0.416 e. The number of piperidine rings is 1. The molecule has 3 rings (SSSR count). The number of pyridine rings is 1. The summed E-state index contributed by atoms with van der Waals surface area (Å²) in [5.74, 6) is -0.0636. The first kappa shape index (κ1) is 26.6. The van der Waals surface area contributed by atoms with Crippen LogP contribution in [0.2, 0.25) is 0 Å². The molecule has 1 aromatic heterocycles. The topological polar surface area (TPSA) is 70.0 Å². The second-order valence-electron chi connectivity index (χ2n) is 9.57. The van der Waals surface area contributed by atoms with Gasteiger partial charge in [0.05, 0.1) is 11.1 Å². The lowest BCUT2D eigenvalue weighted by molar-refractivity contribution is -0.137. The van der Waals surface area contributed by atoms with Crippen LogP contribution in [0.1, 0.15) is 39.2 Å². The van der Waals surface area contributed by atoms with Gasteiger partial charge in [0, 0.05) is 38.5 Å². The number of likely N-dealkylation sites (tertiary alicyclic amines) is 1. The first-order valence-electron chi connectivity index (χ1n) is 11.4. The summed E-state index contributed by atoms with van der Waals surface area (Å²) in [4.78, 5) is 27.4. The zero-order valence-corrected chi connectivity index (χ0v) is 20.4. The zero-order chi connectivity index (χ0) is 25.8. The minimum atomic E-state index is -4.55. The minimum Gasteiger partial charge on any atom is -0.467 e. The fourth-order valence-corrected chi connectivity index (χ4v) is 4.03. The third-order valence-corrected chi connectivity index (χ3v) is 5.58. The lowest BCUT2D eigenvalue weighted by Gasteiger charge is -2.34. The van der Waals surface area contributed by atoms with Gasteiger partial charge >= 0.3 is 12.3 Å². The van der Waals surface area contributed by atoms with E-state index in [9.17, 15) is 22.8 Å². The summed E-state index contributed by atoms with van der Waals surface area (Å²) >= 11 is 0. The number of rotatable bonds is 6. The second kappa shape index (κ2) is 10.7. The normalized spacial score (nSPS) is 16.8. The van der Waals surface area contributed by atoms with Crippen LogP contribution in [0.4, 0.5) is 18.0 Å². The van der Waals surface area contributed by atoms with Crippen LogP contribution < -0.4 is 10.3 Å². The number of halogens is 3. The number of nitrogens with zero attached hydrogens (tertiary/aromatic N) is 2. The standard InChI is InChI=1S/C25H31F3N2O5/c1-24(2,3)35-23(32)30-12-5-7-17(15-30)14-29-11-6-8-20(22(29)31)19-10-9-18(25(26,27)28)13-21(19)34-16-33-4/h6,8-11,13,17H,5,7,12,14-16H2,1-4H3. The van der Waals surface area contributed by atoms with Gasteiger partial charge in [-0.25, -0.2) is 4.79 Å². The molecular formula is C25H31F3N2O5. The lowest BCUT2D eigenvalue weighted by Crippen LogP contribution is -2.44. The van der Waals surface area contributed by atoms with Crippen molar-refractivity contribution in [1.82, 2.24) is 9.47 Å². The van der Waals surface area contributed by atoms with Gasteiger partial charge in [0.2, 0.25) is 0 Å². The van der Waals surface area contributed by atoms with Crippen molar-refractivity contribution in [3.63, 3.8) is 0 Å². The Balaban J connectivity index is 1.85. The van der Waals surface area contributed by atoms with E-state index in [2.05, 4.69) is 0 Å². The van der Waals surface area contributed by atoms with E-state index < -0.39 is 17.3 Å². The van der Waals surface area contributed by atoms with Gasteiger partial charge in [0.25, 0.3) is 5.56 Å². The van der Waals surface area contributed by atoms with E-state index in [4.69, 9.17) is 14.2 Å². The van der Waals surface area contributed by atoms with Crippen molar-refractivity contribution < 1.29 is 32.2 Å². The number of aromatic nitrogens is 1. The molecule has 1 unspecified atom stereocenters. The number of alkyl halides is 3. The van der Waals surface area contributed by atoms with Crippen molar-refractivity contribution in [3.05, 3.63) is 52.4 Å². The maximum atomic E-state index is 13.3. The number of methoxy groups -OCH3 is 1. The summed E-state index contributed by atoms with van der Waals surface area (Å²) in [6.07, 6.45) is -1.68.